The molecule has 0 atom stereocenters. The topological polar surface area (TPSA) is 61.9 Å². The van der Waals surface area contributed by atoms with Gasteiger partial charge in [-0.15, -0.1) is 11.3 Å². The SMILES string of the molecule is N/C(=C(\N)n1c2ccccc2c2c3c4ccccc4n(-c4cccc5c4sc4c(-c6ccccc6)cccc45)c3ccc21)c1ccccc1. The summed E-state index contributed by atoms with van der Waals surface area (Å²) in [6, 6.07) is 55.8. The van der Waals surface area contributed by atoms with E-state index in [0.717, 1.165) is 27.5 Å². The fraction of sp³-hybridized carbons (Fsp3) is 0. The van der Waals surface area contributed by atoms with Gasteiger partial charge in [-0.25, -0.2) is 0 Å². The number of nitrogens with zero attached hydrogens (tertiary/aromatic N) is 2. The summed E-state index contributed by atoms with van der Waals surface area (Å²) >= 11 is 1.88. The Labute approximate surface area is 286 Å². The molecular formula is C44H30N4S. The molecule has 7 aromatic carbocycles. The normalized spacial score (nSPS) is 12.6. The summed E-state index contributed by atoms with van der Waals surface area (Å²) in [7, 11) is 0. The molecular weight excluding hydrogens is 617 g/mol. The van der Waals surface area contributed by atoms with E-state index >= 15 is 0 Å². The van der Waals surface area contributed by atoms with Gasteiger partial charge in [0.2, 0.25) is 0 Å². The Morgan fingerprint density at radius 3 is 1.80 bits per heavy atom. The number of benzene rings is 7. The van der Waals surface area contributed by atoms with E-state index in [0.29, 0.717) is 11.5 Å². The maximum atomic E-state index is 6.97. The molecule has 0 saturated carbocycles. The van der Waals surface area contributed by atoms with Gasteiger partial charge in [0.15, 0.2) is 0 Å². The van der Waals surface area contributed by atoms with Crippen molar-refractivity contribution in [2.45, 2.75) is 0 Å². The van der Waals surface area contributed by atoms with Gasteiger partial charge in [-0.05, 0) is 41.5 Å². The van der Waals surface area contributed by atoms with Crippen LogP contribution in [0.3, 0.4) is 0 Å². The predicted molar refractivity (Wildman–Crippen MR) is 210 cm³/mol. The minimum Gasteiger partial charge on any atom is -0.395 e. The molecule has 5 heteroatoms. The molecule has 10 aromatic rings. The van der Waals surface area contributed by atoms with Crippen LogP contribution in [0.25, 0.3) is 92.1 Å². The Morgan fingerprint density at radius 1 is 0.449 bits per heavy atom. The van der Waals surface area contributed by atoms with E-state index in [-0.39, 0.29) is 0 Å². The minimum atomic E-state index is 0.518. The molecule has 4 nitrogen and oxygen atoms in total. The van der Waals surface area contributed by atoms with Gasteiger partial charge in [0, 0.05) is 42.6 Å². The van der Waals surface area contributed by atoms with Crippen molar-refractivity contribution in [3.05, 3.63) is 163 Å². The fourth-order valence-electron chi connectivity index (χ4n) is 7.75. The average molecular weight is 647 g/mol. The smallest absolute Gasteiger partial charge is 0.132 e. The van der Waals surface area contributed by atoms with Crippen molar-refractivity contribution >= 4 is 86.6 Å². The van der Waals surface area contributed by atoms with E-state index in [1.165, 1.54) is 58.7 Å². The molecule has 0 bridgehead atoms. The first-order chi connectivity index (χ1) is 24.2. The summed E-state index contributed by atoms with van der Waals surface area (Å²) < 4.78 is 7.15. The minimum absolute atomic E-state index is 0.518. The molecule has 0 saturated heterocycles. The molecule has 0 radical (unpaired) electrons. The Morgan fingerprint density at radius 2 is 1.02 bits per heavy atom. The average Bonchev–Trinajstić information content (AvgIpc) is 3.82. The Kier molecular flexibility index (Phi) is 6.01. The number of hydrogen-bond acceptors (Lipinski definition) is 3. The highest BCUT2D eigenvalue weighted by atomic mass is 32.1. The van der Waals surface area contributed by atoms with Gasteiger partial charge in [0.25, 0.3) is 0 Å². The van der Waals surface area contributed by atoms with Crippen molar-refractivity contribution in [1.82, 2.24) is 9.13 Å². The van der Waals surface area contributed by atoms with Gasteiger partial charge in [-0.3, -0.25) is 4.57 Å². The number of rotatable bonds is 4. The van der Waals surface area contributed by atoms with Gasteiger partial charge in [0.1, 0.15) is 5.82 Å². The Bertz CT molecular complexity index is 2940. The highest BCUT2D eigenvalue weighted by Gasteiger charge is 2.23. The van der Waals surface area contributed by atoms with Gasteiger partial charge in [-0.2, -0.15) is 0 Å². The van der Waals surface area contributed by atoms with Crippen LogP contribution >= 0.6 is 11.3 Å². The monoisotopic (exact) mass is 646 g/mol. The van der Waals surface area contributed by atoms with Gasteiger partial charge in [0.05, 0.1) is 38.2 Å². The lowest BCUT2D eigenvalue weighted by molar-refractivity contribution is 1.17. The van der Waals surface area contributed by atoms with Crippen molar-refractivity contribution in [3.63, 3.8) is 0 Å². The number of thiophene rings is 1. The van der Waals surface area contributed by atoms with Gasteiger partial charge < -0.3 is 16.0 Å². The molecule has 0 amide bonds. The molecule has 4 N–H and O–H groups in total. The number of para-hydroxylation sites is 2. The molecule has 0 aliphatic heterocycles. The first kappa shape index (κ1) is 27.8. The van der Waals surface area contributed by atoms with Crippen LogP contribution < -0.4 is 11.5 Å². The van der Waals surface area contributed by atoms with Gasteiger partial charge in [-0.1, -0.05) is 127 Å². The van der Waals surface area contributed by atoms with E-state index in [1.54, 1.807) is 0 Å². The summed E-state index contributed by atoms with van der Waals surface area (Å²) in [6.07, 6.45) is 0. The van der Waals surface area contributed by atoms with Crippen LogP contribution in [-0.4, -0.2) is 9.13 Å². The summed E-state index contributed by atoms with van der Waals surface area (Å²) in [5.74, 6) is 0.518. The number of aromatic nitrogens is 2. The van der Waals surface area contributed by atoms with Crippen LogP contribution in [0.5, 0.6) is 0 Å². The molecule has 0 unspecified atom stereocenters. The van der Waals surface area contributed by atoms with E-state index in [2.05, 4.69) is 137 Å². The lowest BCUT2D eigenvalue weighted by Gasteiger charge is -2.12. The zero-order valence-corrected chi connectivity index (χ0v) is 27.3. The summed E-state index contributed by atoms with van der Waals surface area (Å²) in [5, 5.41) is 7.27. The Hall–Kier alpha value is -6.30. The second-order valence-electron chi connectivity index (χ2n) is 12.5. The molecule has 3 aromatic heterocycles. The fourth-order valence-corrected chi connectivity index (χ4v) is 9.09. The summed E-state index contributed by atoms with van der Waals surface area (Å²) in [4.78, 5) is 0. The molecule has 232 valence electrons. The second kappa shape index (κ2) is 10.6. The van der Waals surface area contributed by atoms with Crippen molar-refractivity contribution in [3.8, 4) is 16.8 Å². The highest BCUT2D eigenvalue weighted by Crippen LogP contribution is 2.46. The summed E-state index contributed by atoms with van der Waals surface area (Å²) in [5.41, 5.74) is 23.2. The number of fused-ring (bicyclic) bond motifs is 10. The van der Waals surface area contributed by atoms with E-state index in [9.17, 15) is 0 Å². The zero-order chi connectivity index (χ0) is 32.6. The third-order valence-corrected chi connectivity index (χ3v) is 11.2. The molecule has 0 spiro atoms. The van der Waals surface area contributed by atoms with E-state index < -0.39 is 0 Å². The Balaban J connectivity index is 1.31. The molecule has 49 heavy (non-hydrogen) atoms. The van der Waals surface area contributed by atoms with Crippen LogP contribution in [0, 0.1) is 0 Å². The largest absolute Gasteiger partial charge is 0.395 e. The quantitative estimate of drug-likeness (QED) is 0.200. The van der Waals surface area contributed by atoms with Gasteiger partial charge >= 0.3 is 0 Å². The predicted octanol–water partition coefficient (Wildman–Crippen LogP) is 11.1. The first-order valence-electron chi connectivity index (χ1n) is 16.5. The van der Waals surface area contributed by atoms with Crippen molar-refractivity contribution in [2.75, 3.05) is 0 Å². The van der Waals surface area contributed by atoms with Crippen LogP contribution in [-0.2, 0) is 0 Å². The van der Waals surface area contributed by atoms with E-state index in [4.69, 9.17) is 11.5 Å². The van der Waals surface area contributed by atoms with Crippen LogP contribution in [0.2, 0.25) is 0 Å². The van der Waals surface area contributed by atoms with Crippen LogP contribution in [0.4, 0.5) is 0 Å². The molecule has 0 fully saturated rings. The molecule has 3 heterocycles. The molecule has 0 aliphatic rings. The molecule has 0 aliphatic carbocycles. The first-order valence-corrected chi connectivity index (χ1v) is 17.3. The molecule has 10 rings (SSSR count). The van der Waals surface area contributed by atoms with Crippen molar-refractivity contribution < 1.29 is 0 Å². The second-order valence-corrected chi connectivity index (χ2v) is 13.5. The lowest BCUT2D eigenvalue weighted by atomic mass is 10.0. The van der Waals surface area contributed by atoms with E-state index in [1.807, 2.05) is 41.7 Å². The van der Waals surface area contributed by atoms with Crippen LogP contribution in [0.1, 0.15) is 5.56 Å². The summed E-state index contributed by atoms with van der Waals surface area (Å²) in [6.45, 7) is 0. The number of hydrogen-bond donors (Lipinski definition) is 2. The zero-order valence-electron chi connectivity index (χ0n) is 26.5. The maximum Gasteiger partial charge on any atom is 0.132 e. The maximum absolute atomic E-state index is 6.97. The van der Waals surface area contributed by atoms with Crippen LogP contribution in [0.15, 0.2) is 158 Å². The third-order valence-electron chi connectivity index (χ3n) is 9.90. The van der Waals surface area contributed by atoms with Crippen molar-refractivity contribution in [2.24, 2.45) is 11.5 Å². The number of nitrogens with two attached hydrogens (primary N) is 2. The highest BCUT2D eigenvalue weighted by molar-refractivity contribution is 7.26. The standard InChI is InChI=1S/C44H30N4S/c45-41(28-15-5-2-6-16-28)44(46)48-35-23-10-8-18-33(35)40-37(48)26-25-36-39(40)32-17-7-9-22-34(32)47(36)38-24-12-21-31-30-20-11-19-29(42(30)49-43(31)38)27-13-3-1-4-14-27/h1-26H,45-46H2/b44-41+. The third kappa shape index (κ3) is 3.97. The van der Waals surface area contributed by atoms with Crippen molar-refractivity contribution in [1.29, 1.82) is 0 Å². The lowest BCUT2D eigenvalue weighted by Crippen LogP contribution is -2.13.